The minimum Gasteiger partial charge on any atom is -0.480 e. The number of ether oxygens (including phenoxy) is 1. The third kappa shape index (κ3) is 5.28. The Morgan fingerprint density at radius 1 is 1.12 bits per heavy atom. The number of benzene rings is 2. The summed E-state index contributed by atoms with van der Waals surface area (Å²) in [5, 5.41) is 11.9. The second kappa shape index (κ2) is 8.61. The van der Waals surface area contributed by atoms with E-state index in [0.29, 0.717) is 0 Å². The number of rotatable bonds is 6. The standard InChI is InChI=1S/C18H16INO5/c1-25-18(24)13-6-3-5-12(10-13)16(21)20-15(17(22)23)9-11-4-2-7-14(19)8-11/h2-8,10,15H,9H2,1H3,(H,20,21)(H,22,23)/t15-/m0/s1. The molecule has 25 heavy (non-hydrogen) atoms. The van der Waals surface area contributed by atoms with Gasteiger partial charge in [-0.05, 0) is 58.5 Å². The van der Waals surface area contributed by atoms with Crippen LogP contribution in [0.4, 0.5) is 0 Å². The molecule has 0 saturated carbocycles. The van der Waals surface area contributed by atoms with Crippen molar-refractivity contribution in [2.24, 2.45) is 0 Å². The van der Waals surface area contributed by atoms with Gasteiger partial charge in [0, 0.05) is 15.6 Å². The lowest BCUT2D eigenvalue weighted by molar-refractivity contribution is -0.139. The Bertz CT molecular complexity index is 806. The summed E-state index contributed by atoms with van der Waals surface area (Å²) in [5.41, 5.74) is 1.22. The van der Waals surface area contributed by atoms with Gasteiger partial charge >= 0.3 is 11.9 Å². The van der Waals surface area contributed by atoms with Gasteiger partial charge in [0.1, 0.15) is 6.04 Å². The van der Waals surface area contributed by atoms with Gasteiger partial charge < -0.3 is 15.2 Å². The molecule has 1 amide bonds. The number of hydrogen-bond donors (Lipinski definition) is 2. The van der Waals surface area contributed by atoms with Gasteiger partial charge in [-0.25, -0.2) is 9.59 Å². The minimum atomic E-state index is -1.13. The summed E-state index contributed by atoms with van der Waals surface area (Å²) in [6.07, 6.45) is 0.161. The Balaban J connectivity index is 2.15. The van der Waals surface area contributed by atoms with Gasteiger partial charge in [-0.1, -0.05) is 18.2 Å². The Kier molecular flexibility index (Phi) is 6.51. The topological polar surface area (TPSA) is 92.7 Å². The first-order valence-corrected chi connectivity index (χ1v) is 8.45. The maximum absolute atomic E-state index is 12.4. The van der Waals surface area contributed by atoms with E-state index in [1.165, 1.54) is 31.4 Å². The zero-order valence-electron chi connectivity index (χ0n) is 13.4. The molecular weight excluding hydrogens is 437 g/mol. The van der Waals surface area contributed by atoms with Crippen LogP contribution in [0, 0.1) is 3.57 Å². The highest BCUT2D eigenvalue weighted by atomic mass is 127. The van der Waals surface area contributed by atoms with Crippen molar-refractivity contribution in [3.8, 4) is 0 Å². The van der Waals surface area contributed by atoms with Gasteiger partial charge in [0.05, 0.1) is 12.7 Å². The molecule has 0 bridgehead atoms. The van der Waals surface area contributed by atoms with Crippen LogP contribution in [0.3, 0.4) is 0 Å². The second-order valence-corrected chi connectivity index (χ2v) is 6.52. The van der Waals surface area contributed by atoms with Gasteiger partial charge in [0.25, 0.3) is 5.91 Å². The molecule has 1 atom stereocenters. The smallest absolute Gasteiger partial charge is 0.337 e. The number of carbonyl (C=O) groups excluding carboxylic acids is 2. The molecule has 0 aromatic heterocycles. The van der Waals surface area contributed by atoms with Gasteiger partial charge in [-0.3, -0.25) is 4.79 Å². The molecule has 2 aromatic carbocycles. The molecule has 0 unspecified atom stereocenters. The number of halogens is 1. The fourth-order valence-corrected chi connectivity index (χ4v) is 2.85. The summed E-state index contributed by atoms with van der Waals surface area (Å²) in [7, 11) is 1.25. The summed E-state index contributed by atoms with van der Waals surface area (Å²) in [4.78, 5) is 35.4. The van der Waals surface area contributed by atoms with Crippen molar-refractivity contribution in [1.82, 2.24) is 5.32 Å². The van der Waals surface area contributed by atoms with Crippen LogP contribution in [-0.2, 0) is 16.0 Å². The number of carbonyl (C=O) groups is 3. The third-order valence-corrected chi connectivity index (χ3v) is 4.15. The first-order chi connectivity index (χ1) is 11.9. The van der Waals surface area contributed by atoms with Crippen molar-refractivity contribution < 1.29 is 24.2 Å². The molecule has 7 heteroatoms. The van der Waals surface area contributed by atoms with E-state index in [2.05, 4.69) is 32.6 Å². The Morgan fingerprint density at radius 2 is 1.80 bits per heavy atom. The van der Waals surface area contributed by atoms with Crippen LogP contribution >= 0.6 is 22.6 Å². The van der Waals surface area contributed by atoms with Gasteiger partial charge in [-0.15, -0.1) is 0 Å². The van der Waals surface area contributed by atoms with Crippen LogP contribution in [0.1, 0.15) is 26.3 Å². The highest BCUT2D eigenvalue weighted by Crippen LogP contribution is 2.11. The largest absolute Gasteiger partial charge is 0.480 e. The lowest BCUT2D eigenvalue weighted by Crippen LogP contribution is -2.42. The number of carboxylic acid groups (broad SMARTS) is 1. The average molecular weight is 453 g/mol. The summed E-state index contributed by atoms with van der Waals surface area (Å²) in [6.45, 7) is 0. The molecule has 130 valence electrons. The first kappa shape index (κ1) is 18.9. The van der Waals surface area contributed by atoms with Crippen molar-refractivity contribution in [2.45, 2.75) is 12.5 Å². The lowest BCUT2D eigenvalue weighted by Gasteiger charge is -2.15. The molecule has 0 aliphatic rings. The Morgan fingerprint density at radius 3 is 2.44 bits per heavy atom. The average Bonchev–Trinajstić information content (AvgIpc) is 2.60. The molecule has 0 spiro atoms. The summed E-state index contributed by atoms with van der Waals surface area (Å²) < 4.78 is 5.60. The Labute approximate surface area is 158 Å². The van der Waals surface area contributed by atoms with Crippen molar-refractivity contribution >= 4 is 40.4 Å². The van der Waals surface area contributed by atoms with E-state index in [1.54, 1.807) is 0 Å². The van der Waals surface area contributed by atoms with Crippen LogP contribution in [0.25, 0.3) is 0 Å². The number of methoxy groups -OCH3 is 1. The van der Waals surface area contributed by atoms with E-state index in [1.807, 2.05) is 24.3 Å². The number of esters is 1. The van der Waals surface area contributed by atoms with Gasteiger partial charge in [-0.2, -0.15) is 0 Å². The van der Waals surface area contributed by atoms with E-state index in [0.717, 1.165) is 9.13 Å². The number of nitrogens with one attached hydrogen (secondary N) is 1. The molecule has 0 aliphatic carbocycles. The number of amides is 1. The number of carboxylic acids is 1. The third-order valence-electron chi connectivity index (χ3n) is 3.48. The lowest BCUT2D eigenvalue weighted by atomic mass is 10.0. The van der Waals surface area contributed by atoms with E-state index in [-0.39, 0.29) is 17.5 Å². The molecule has 2 N–H and O–H groups in total. The molecule has 0 radical (unpaired) electrons. The maximum Gasteiger partial charge on any atom is 0.337 e. The summed E-state index contributed by atoms with van der Waals surface area (Å²) in [6, 6.07) is 12.3. The van der Waals surface area contributed by atoms with Crippen molar-refractivity contribution in [3.63, 3.8) is 0 Å². The van der Waals surface area contributed by atoms with Crippen molar-refractivity contribution in [3.05, 3.63) is 68.8 Å². The van der Waals surface area contributed by atoms with E-state index < -0.39 is 23.9 Å². The van der Waals surface area contributed by atoms with E-state index in [9.17, 15) is 19.5 Å². The van der Waals surface area contributed by atoms with E-state index in [4.69, 9.17) is 0 Å². The quantitative estimate of drug-likeness (QED) is 0.518. The van der Waals surface area contributed by atoms with E-state index >= 15 is 0 Å². The van der Waals surface area contributed by atoms with Crippen molar-refractivity contribution in [1.29, 1.82) is 0 Å². The summed E-state index contributed by atoms with van der Waals surface area (Å²) >= 11 is 2.14. The van der Waals surface area contributed by atoms with Crippen molar-refractivity contribution in [2.75, 3.05) is 7.11 Å². The highest BCUT2D eigenvalue weighted by molar-refractivity contribution is 14.1. The maximum atomic E-state index is 12.4. The normalized spacial score (nSPS) is 11.4. The zero-order chi connectivity index (χ0) is 18.4. The molecule has 6 nitrogen and oxygen atoms in total. The predicted octanol–water partition coefficient (Wildman–Crippen LogP) is 2.50. The molecule has 2 aromatic rings. The SMILES string of the molecule is COC(=O)c1cccc(C(=O)N[C@@H](Cc2cccc(I)c2)C(=O)O)c1. The fraction of sp³-hybridized carbons (Fsp3) is 0.167. The van der Waals surface area contributed by atoms with Crippen LogP contribution in [-0.4, -0.2) is 36.1 Å². The number of hydrogen-bond acceptors (Lipinski definition) is 4. The van der Waals surface area contributed by atoms with Gasteiger partial charge in [0.2, 0.25) is 0 Å². The molecule has 2 rings (SSSR count). The minimum absolute atomic E-state index is 0.161. The molecular formula is C18H16INO5. The highest BCUT2D eigenvalue weighted by Gasteiger charge is 2.21. The molecule has 0 aliphatic heterocycles. The molecule has 0 saturated heterocycles. The van der Waals surface area contributed by atoms with Crippen LogP contribution < -0.4 is 5.32 Å². The molecule has 0 heterocycles. The fourth-order valence-electron chi connectivity index (χ4n) is 2.25. The Hall–Kier alpha value is -2.42. The molecule has 0 fully saturated rings. The monoisotopic (exact) mass is 453 g/mol. The van der Waals surface area contributed by atoms with Crippen LogP contribution in [0.15, 0.2) is 48.5 Å². The summed E-state index contributed by atoms with van der Waals surface area (Å²) in [5.74, 6) is -2.26. The van der Waals surface area contributed by atoms with Crippen LogP contribution in [0.2, 0.25) is 0 Å². The van der Waals surface area contributed by atoms with Gasteiger partial charge in [0.15, 0.2) is 0 Å². The predicted molar refractivity (Wildman–Crippen MR) is 99.5 cm³/mol. The van der Waals surface area contributed by atoms with Crippen LogP contribution in [0.5, 0.6) is 0 Å². The first-order valence-electron chi connectivity index (χ1n) is 7.37. The second-order valence-electron chi connectivity index (χ2n) is 5.27. The number of aliphatic carboxylic acids is 1. The zero-order valence-corrected chi connectivity index (χ0v) is 15.5.